The van der Waals surface area contributed by atoms with Crippen LogP contribution < -0.4 is 19.8 Å². The number of hydrogen-bond donors (Lipinski definition) is 0. The summed E-state index contributed by atoms with van der Waals surface area (Å²) in [6.07, 6.45) is 1.90. The van der Waals surface area contributed by atoms with Crippen molar-refractivity contribution in [3.05, 3.63) is 85.4 Å². The third kappa shape index (κ3) is 3.11. The van der Waals surface area contributed by atoms with Crippen LogP contribution in [0, 0.1) is 0 Å². The summed E-state index contributed by atoms with van der Waals surface area (Å²) in [7, 11) is 0. The predicted octanol–water partition coefficient (Wildman–Crippen LogP) is 2.00. The first-order valence-corrected chi connectivity index (χ1v) is 9.10. The molecule has 3 aromatic rings. The van der Waals surface area contributed by atoms with E-state index in [1.165, 1.54) is 11.3 Å². The van der Waals surface area contributed by atoms with E-state index in [9.17, 15) is 9.59 Å². The molecule has 0 aliphatic carbocycles. The normalized spacial score (nSPS) is 14.0. The maximum atomic E-state index is 12.8. The third-order valence-electron chi connectivity index (χ3n) is 4.29. The van der Waals surface area contributed by atoms with Gasteiger partial charge in [-0.15, -0.1) is 0 Å². The number of carbonyl (C=O) groups excluding carboxylic acids is 1. The molecule has 0 bridgehead atoms. The number of fused-ring (bicyclic) bond motifs is 1. The van der Waals surface area contributed by atoms with Gasteiger partial charge in [0.25, 0.3) is 5.56 Å². The zero-order chi connectivity index (χ0) is 18.1. The molecular weight excluding hydrogens is 346 g/mol. The van der Waals surface area contributed by atoms with Crippen LogP contribution in [0.4, 0.5) is 5.69 Å². The second kappa shape index (κ2) is 6.72. The monoisotopic (exact) mass is 363 g/mol. The van der Waals surface area contributed by atoms with E-state index >= 15 is 0 Å². The van der Waals surface area contributed by atoms with Gasteiger partial charge in [-0.05, 0) is 30.7 Å². The quantitative estimate of drug-likeness (QED) is 0.669. The average Bonchev–Trinajstić information content (AvgIpc) is 2.98. The molecule has 6 heteroatoms. The molecule has 0 spiro atoms. The average molecular weight is 363 g/mol. The number of ketones is 1. The summed E-state index contributed by atoms with van der Waals surface area (Å²) in [5.74, 6) is 0.0222. The Hall–Kier alpha value is -2.99. The van der Waals surface area contributed by atoms with E-state index < -0.39 is 0 Å². The second-order valence-electron chi connectivity index (χ2n) is 6.12. The van der Waals surface area contributed by atoms with Crippen molar-refractivity contribution in [2.24, 2.45) is 4.99 Å². The van der Waals surface area contributed by atoms with Gasteiger partial charge in [-0.2, -0.15) is 0 Å². The molecule has 0 saturated carbocycles. The number of nitrogens with zero attached hydrogens (tertiary/aromatic N) is 3. The van der Waals surface area contributed by atoms with Gasteiger partial charge in [-0.25, -0.2) is 4.99 Å². The first-order chi connectivity index (χ1) is 12.6. The van der Waals surface area contributed by atoms with Crippen LogP contribution in [-0.2, 0) is 6.67 Å². The summed E-state index contributed by atoms with van der Waals surface area (Å²) in [5.41, 5.74) is 2.50. The number of carbonyl (C=O) groups is 1. The zero-order valence-corrected chi connectivity index (χ0v) is 15.1. The van der Waals surface area contributed by atoms with Crippen molar-refractivity contribution in [1.29, 1.82) is 0 Å². The van der Waals surface area contributed by atoms with Gasteiger partial charge in [0.05, 0.1) is 4.53 Å². The SMILES string of the molecule is CC(=O)c1cccc(N2CN=c3sc(=Cc4ccccc4)c(=O)n3C2)c1. The summed E-state index contributed by atoms with van der Waals surface area (Å²) in [6, 6.07) is 17.2. The van der Waals surface area contributed by atoms with Crippen molar-refractivity contribution >= 4 is 28.9 Å². The van der Waals surface area contributed by atoms with Gasteiger partial charge in [0.15, 0.2) is 10.6 Å². The molecule has 1 aliphatic heterocycles. The van der Waals surface area contributed by atoms with E-state index in [0.29, 0.717) is 23.4 Å². The molecule has 4 rings (SSSR count). The highest BCUT2D eigenvalue weighted by molar-refractivity contribution is 7.07. The van der Waals surface area contributed by atoms with E-state index in [2.05, 4.69) is 4.99 Å². The summed E-state index contributed by atoms with van der Waals surface area (Å²) < 4.78 is 2.36. The van der Waals surface area contributed by atoms with Crippen molar-refractivity contribution in [3.63, 3.8) is 0 Å². The number of aromatic nitrogens is 1. The molecule has 0 radical (unpaired) electrons. The Balaban J connectivity index is 1.70. The minimum absolute atomic E-state index is 0.0222. The van der Waals surface area contributed by atoms with Crippen LogP contribution >= 0.6 is 11.3 Å². The van der Waals surface area contributed by atoms with Gasteiger partial charge in [0.1, 0.15) is 13.3 Å². The molecule has 0 saturated heterocycles. The Morgan fingerprint density at radius 2 is 1.96 bits per heavy atom. The van der Waals surface area contributed by atoms with Crippen LogP contribution in [0.15, 0.2) is 64.4 Å². The number of hydrogen-bond acceptors (Lipinski definition) is 5. The fraction of sp³-hybridized carbons (Fsp3) is 0.150. The van der Waals surface area contributed by atoms with Gasteiger partial charge in [0.2, 0.25) is 0 Å². The molecule has 130 valence electrons. The molecule has 2 heterocycles. The molecule has 26 heavy (non-hydrogen) atoms. The Labute approximate surface area is 154 Å². The molecule has 0 fully saturated rings. The molecule has 1 aromatic heterocycles. The number of Topliss-reactive ketones (excluding diaryl/α,β-unsaturated/α-hetero) is 1. The Kier molecular flexibility index (Phi) is 4.26. The van der Waals surface area contributed by atoms with Crippen LogP contribution in [0.25, 0.3) is 6.08 Å². The fourth-order valence-corrected chi connectivity index (χ4v) is 3.86. The lowest BCUT2D eigenvalue weighted by Crippen LogP contribution is -2.42. The lowest BCUT2D eigenvalue weighted by molar-refractivity contribution is 0.101. The third-order valence-corrected chi connectivity index (χ3v) is 5.34. The summed E-state index contributed by atoms with van der Waals surface area (Å²) in [4.78, 5) is 31.7. The van der Waals surface area contributed by atoms with E-state index in [1.54, 1.807) is 17.6 Å². The van der Waals surface area contributed by atoms with E-state index in [4.69, 9.17) is 0 Å². The zero-order valence-electron chi connectivity index (χ0n) is 14.3. The van der Waals surface area contributed by atoms with Crippen molar-refractivity contribution in [3.8, 4) is 0 Å². The van der Waals surface area contributed by atoms with E-state index in [0.717, 1.165) is 16.1 Å². The Morgan fingerprint density at radius 1 is 1.15 bits per heavy atom. The first-order valence-electron chi connectivity index (χ1n) is 8.29. The molecule has 5 nitrogen and oxygen atoms in total. The second-order valence-corrected chi connectivity index (χ2v) is 7.13. The standard InChI is InChI=1S/C20H17N3O2S/c1-14(24)16-8-5-9-17(11-16)22-12-21-20-23(13-22)19(25)18(26-20)10-15-6-3-2-4-7-15/h2-11H,12-13H2,1H3. The molecule has 0 atom stereocenters. The summed E-state index contributed by atoms with van der Waals surface area (Å²) in [6.45, 7) is 2.44. The molecule has 0 N–H and O–H groups in total. The van der Waals surface area contributed by atoms with Crippen LogP contribution in [0.5, 0.6) is 0 Å². The molecular formula is C20H17N3O2S. The van der Waals surface area contributed by atoms with Crippen LogP contribution in [-0.4, -0.2) is 17.0 Å². The predicted molar refractivity (Wildman–Crippen MR) is 103 cm³/mol. The van der Waals surface area contributed by atoms with Gasteiger partial charge in [-0.1, -0.05) is 53.8 Å². The van der Waals surface area contributed by atoms with Crippen LogP contribution in [0.2, 0.25) is 0 Å². The highest BCUT2D eigenvalue weighted by Gasteiger charge is 2.16. The lowest BCUT2D eigenvalue weighted by atomic mass is 10.1. The fourth-order valence-electron chi connectivity index (χ4n) is 2.90. The summed E-state index contributed by atoms with van der Waals surface area (Å²) >= 11 is 1.41. The van der Waals surface area contributed by atoms with Gasteiger partial charge < -0.3 is 4.90 Å². The van der Waals surface area contributed by atoms with Crippen molar-refractivity contribution in [1.82, 2.24) is 4.57 Å². The number of rotatable bonds is 3. The van der Waals surface area contributed by atoms with Crippen LogP contribution in [0.1, 0.15) is 22.8 Å². The Morgan fingerprint density at radius 3 is 2.73 bits per heavy atom. The van der Waals surface area contributed by atoms with Crippen molar-refractivity contribution < 1.29 is 4.79 Å². The Bertz CT molecular complexity index is 1150. The highest BCUT2D eigenvalue weighted by atomic mass is 32.1. The number of thiazole rings is 1. The maximum Gasteiger partial charge on any atom is 0.271 e. The molecule has 0 amide bonds. The van der Waals surface area contributed by atoms with Gasteiger partial charge >= 0.3 is 0 Å². The highest BCUT2D eigenvalue weighted by Crippen LogP contribution is 2.18. The van der Waals surface area contributed by atoms with Crippen molar-refractivity contribution in [2.45, 2.75) is 13.6 Å². The largest absolute Gasteiger partial charge is 0.334 e. The first kappa shape index (κ1) is 16.5. The van der Waals surface area contributed by atoms with Gasteiger partial charge in [0, 0.05) is 11.3 Å². The smallest absolute Gasteiger partial charge is 0.271 e. The summed E-state index contributed by atoms with van der Waals surface area (Å²) in [5, 5.41) is 0. The van der Waals surface area contributed by atoms with E-state index in [1.807, 2.05) is 59.5 Å². The van der Waals surface area contributed by atoms with Crippen molar-refractivity contribution in [2.75, 3.05) is 11.6 Å². The number of anilines is 1. The van der Waals surface area contributed by atoms with Crippen LogP contribution in [0.3, 0.4) is 0 Å². The lowest BCUT2D eigenvalue weighted by Gasteiger charge is -2.25. The van der Waals surface area contributed by atoms with E-state index in [-0.39, 0.29) is 11.3 Å². The topological polar surface area (TPSA) is 54.7 Å². The molecule has 0 unspecified atom stereocenters. The minimum atomic E-state index is -0.0370. The maximum absolute atomic E-state index is 12.8. The molecule has 2 aromatic carbocycles. The molecule has 1 aliphatic rings. The number of benzene rings is 2. The van der Waals surface area contributed by atoms with Gasteiger partial charge in [-0.3, -0.25) is 14.2 Å². The minimum Gasteiger partial charge on any atom is -0.334 e.